The average molecular weight is 437 g/mol. The minimum atomic E-state index is -0.0320. The number of fused-ring (bicyclic) bond motifs is 1. The van der Waals surface area contributed by atoms with Gasteiger partial charge in [-0.15, -0.1) is 10.2 Å². The summed E-state index contributed by atoms with van der Waals surface area (Å²) in [4.78, 5) is 9.61. The second-order valence-corrected chi connectivity index (χ2v) is 9.46. The van der Waals surface area contributed by atoms with Gasteiger partial charge in [-0.3, -0.25) is 4.90 Å². The van der Waals surface area contributed by atoms with Crippen LogP contribution < -0.4 is 10.2 Å². The topological polar surface area (TPSA) is 66.4 Å². The maximum Gasteiger partial charge on any atom is 0.211 e. The molecule has 4 heterocycles. The van der Waals surface area contributed by atoms with Crippen LogP contribution in [0.25, 0.3) is 0 Å². The molecule has 1 aromatic carbocycles. The van der Waals surface area contributed by atoms with E-state index in [2.05, 4.69) is 50.6 Å². The third-order valence-corrected chi connectivity index (χ3v) is 6.67. The number of nitrogens with one attached hydrogen (secondary N) is 1. The van der Waals surface area contributed by atoms with Crippen molar-refractivity contribution in [3.05, 3.63) is 58.2 Å². The predicted molar refractivity (Wildman–Crippen MR) is 124 cm³/mol. The van der Waals surface area contributed by atoms with Crippen molar-refractivity contribution in [2.45, 2.75) is 32.4 Å². The molecule has 1 N–H and O–H groups in total. The summed E-state index contributed by atoms with van der Waals surface area (Å²) in [5, 5.41) is 13.1. The quantitative estimate of drug-likeness (QED) is 0.650. The van der Waals surface area contributed by atoms with Crippen LogP contribution in [0.5, 0.6) is 0 Å². The molecule has 5 rings (SSSR count). The lowest BCUT2D eigenvalue weighted by Gasteiger charge is -2.33. The van der Waals surface area contributed by atoms with Crippen molar-refractivity contribution in [2.24, 2.45) is 0 Å². The van der Waals surface area contributed by atoms with E-state index in [9.17, 15) is 0 Å². The van der Waals surface area contributed by atoms with Crippen molar-refractivity contribution in [1.82, 2.24) is 20.1 Å². The third kappa shape index (κ3) is 4.71. The Labute approximate surface area is 187 Å². The van der Waals surface area contributed by atoms with E-state index in [4.69, 9.17) is 9.72 Å². The minimum absolute atomic E-state index is 0.0320. The van der Waals surface area contributed by atoms with E-state index in [1.165, 1.54) is 41.0 Å². The van der Waals surface area contributed by atoms with Gasteiger partial charge in [0.15, 0.2) is 0 Å². The van der Waals surface area contributed by atoms with Crippen molar-refractivity contribution in [3.8, 4) is 0 Å². The maximum atomic E-state index is 6.08. The van der Waals surface area contributed by atoms with Crippen LogP contribution in [0.4, 0.5) is 16.6 Å². The van der Waals surface area contributed by atoms with E-state index in [1.807, 2.05) is 25.1 Å². The van der Waals surface area contributed by atoms with Crippen molar-refractivity contribution in [2.75, 3.05) is 43.5 Å². The zero-order valence-electron chi connectivity index (χ0n) is 18.0. The maximum absolute atomic E-state index is 6.08. The summed E-state index contributed by atoms with van der Waals surface area (Å²) < 4.78 is 6.08. The Balaban J connectivity index is 1.26. The molecule has 0 bridgehead atoms. The molecule has 2 aliphatic heterocycles. The second kappa shape index (κ2) is 8.90. The largest absolute Gasteiger partial charge is 0.374 e. The van der Waals surface area contributed by atoms with E-state index < -0.39 is 0 Å². The van der Waals surface area contributed by atoms with Crippen LogP contribution in [-0.2, 0) is 17.7 Å². The highest BCUT2D eigenvalue weighted by atomic mass is 32.1. The summed E-state index contributed by atoms with van der Waals surface area (Å²) in [5.41, 5.74) is 5.19. The van der Waals surface area contributed by atoms with Gasteiger partial charge in [-0.05, 0) is 49.1 Å². The van der Waals surface area contributed by atoms with Crippen molar-refractivity contribution in [1.29, 1.82) is 0 Å². The molecule has 2 aliphatic rings. The van der Waals surface area contributed by atoms with Crippen LogP contribution in [0.15, 0.2) is 36.4 Å². The Morgan fingerprint density at radius 1 is 1.19 bits per heavy atom. The zero-order valence-corrected chi connectivity index (χ0v) is 18.9. The highest BCUT2D eigenvalue weighted by molar-refractivity contribution is 7.15. The highest BCUT2D eigenvalue weighted by Crippen LogP contribution is 2.29. The van der Waals surface area contributed by atoms with Gasteiger partial charge in [0.1, 0.15) is 16.9 Å². The number of nitrogens with zero attached hydrogens (tertiary/aromatic N) is 5. The molecular weight excluding hydrogens is 408 g/mol. The molecule has 1 saturated heterocycles. The molecule has 162 valence electrons. The molecule has 0 spiro atoms. The number of pyridine rings is 1. The lowest BCUT2D eigenvalue weighted by molar-refractivity contribution is -0.0349. The van der Waals surface area contributed by atoms with Crippen molar-refractivity contribution < 1.29 is 4.74 Å². The van der Waals surface area contributed by atoms with Crippen LogP contribution in [0.1, 0.15) is 34.4 Å². The normalized spacial score (nSPS) is 19.3. The molecule has 0 radical (unpaired) electrons. The van der Waals surface area contributed by atoms with Crippen molar-refractivity contribution >= 4 is 28.0 Å². The van der Waals surface area contributed by atoms with Gasteiger partial charge in [-0.2, -0.15) is 0 Å². The first kappa shape index (κ1) is 20.4. The first-order chi connectivity index (χ1) is 15.1. The lowest BCUT2D eigenvalue weighted by Crippen LogP contribution is -2.38. The fourth-order valence-corrected chi connectivity index (χ4v) is 4.98. The summed E-state index contributed by atoms with van der Waals surface area (Å²) >= 11 is 1.52. The Hall–Kier alpha value is -2.55. The minimum Gasteiger partial charge on any atom is -0.374 e. The SMILES string of the molecule is Cc1nnc(Nc2cccc(C3CN(Cc4ccc5c(c4)CCCN5C)CCO3)n2)s1. The summed E-state index contributed by atoms with van der Waals surface area (Å²) in [7, 11) is 2.19. The number of hydrogen-bond donors (Lipinski definition) is 1. The number of anilines is 3. The van der Waals surface area contributed by atoms with Crippen LogP contribution >= 0.6 is 11.3 Å². The van der Waals surface area contributed by atoms with Gasteiger partial charge in [0.25, 0.3) is 0 Å². The predicted octanol–water partition coefficient (Wildman–Crippen LogP) is 3.94. The molecule has 0 saturated carbocycles. The van der Waals surface area contributed by atoms with Gasteiger partial charge in [-0.1, -0.05) is 29.5 Å². The van der Waals surface area contributed by atoms with Gasteiger partial charge in [0.05, 0.1) is 12.3 Å². The third-order valence-electron chi connectivity index (χ3n) is 5.91. The number of morpholine rings is 1. The molecule has 1 atom stereocenters. The summed E-state index contributed by atoms with van der Waals surface area (Å²) in [6.07, 6.45) is 2.38. The van der Waals surface area contributed by atoms with Gasteiger partial charge >= 0.3 is 0 Å². The average Bonchev–Trinajstić information content (AvgIpc) is 3.19. The van der Waals surface area contributed by atoms with Crippen molar-refractivity contribution in [3.63, 3.8) is 0 Å². The second-order valence-electron chi connectivity index (χ2n) is 8.28. The van der Waals surface area contributed by atoms with E-state index in [-0.39, 0.29) is 6.10 Å². The molecule has 0 aliphatic carbocycles. The lowest BCUT2D eigenvalue weighted by atomic mass is 9.99. The standard InChI is InChI=1S/C23H28N6OS/c1-16-26-27-23(31-16)25-22-7-3-6-19(24-22)21-15-29(11-12-30-21)14-17-8-9-20-18(13-17)5-4-10-28(20)2/h3,6-9,13,21H,4-5,10-12,14-15H2,1-2H3,(H,24,25,27). The molecule has 8 heteroatoms. The van der Waals surface area contributed by atoms with E-state index in [0.717, 1.165) is 47.8 Å². The molecule has 2 aromatic heterocycles. The van der Waals surface area contributed by atoms with E-state index >= 15 is 0 Å². The Kier molecular flexibility index (Phi) is 5.85. The fourth-order valence-electron chi connectivity index (χ4n) is 4.38. The summed E-state index contributed by atoms with van der Waals surface area (Å²) in [6.45, 7) is 6.53. The molecule has 31 heavy (non-hydrogen) atoms. The zero-order chi connectivity index (χ0) is 21.2. The molecule has 1 unspecified atom stereocenters. The number of aromatic nitrogens is 3. The van der Waals surface area contributed by atoms with Gasteiger partial charge < -0.3 is 15.0 Å². The fraction of sp³-hybridized carbons (Fsp3) is 0.435. The first-order valence-corrected chi connectivity index (χ1v) is 11.7. The smallest absolute Gasteiger partial charge is 0.211 e. The Bertz CT molecular complexity index is 1050. The monoisotopic (exact) mass is 436 g/mol. The Morgan fingerprint density at radius 3 is 3.00 bits per heavy atom. The molecular formula is C23H28N6OS. The van der Waals surface area contributed by atoms with Crippen LogP contribution in [0, 0.1) is 6.92 Å². The number of rotatable bonds is 5. The molecule has 3 aromatic rings. The van der Waals surface area contributed by atoms with E-state index in [1.54, 1.807) is 0 Å². The summed E-state index contributed by atoms with van der Waals surface area (Å²) in [5.74, 6) is 0.771. The number of benzene rings is 1. The van der Waals surface area contributed by atoms with Gasteiger partial charge in [0.2, 0.25) is 5.13 Å². The number of ether oxygens (including phenoxy) is 1. The molecule has 7 nitrogen and oxygen atoms in total. The first-order valence-electron chi connectivity index (χ1n) is 10.8. The Morgan fingerprint density at radius 2 is 2.13 bits per heavy atom. The highest BCUT2D eigenvalue weighted by Gasteiger charge is 2.24. The van der Waals surface area contributed by atoms with Crippen LogP contribution in [0.2, 0.25) is 0 Å². The van der Waals surface area contributed by atoms with E-state index in [0.29, 0.717) is 6.61 Å². The van der Waals surface area contributed by atoms with Crippen LogP contribution in [0.3, 0.4) is 0 Å². The number of hydrogen-bond acceptors (Lipinski definition) is 8. The van der Waals surface area contributed by atoms with Gasteiger partial charge in [0, 0.05) is 38.9 Å². The summed E-state index contributed by atoms with van der Waals surface area (Å²) in [6, 6.07) is 13.0. The van der Waals surface area contributed by atoms with Crippen LogP contribution in [-0.4, -0.2) is 53.4 Å². The molecule has 0 amide bonds. The van der Waals surface area contributed by atoms with Gasteiger partial charge in [-0.25, -0.2) is 4.98 Å². The number of aryl methyl sites for hydroxylation is 2. The molecule has 1 fully saturated rings.